The van der Waals surface area contributed by atoms with Crippen LogP contribution in [0.5, 0.6) is 0 Å². The lowest BCUT2D eigenvalue weighted by molar-refractivity contribution is 0.566. The molecule has 0 saturated carbocycles. The number of nitrogens with one attached hydrogen (secondary N) is 1. The molecule has 3 nitrogen and oxygen atoms in total. The van der Waals surface area contributed by atoms with Crippen molar-refractivity contribution in [1.82, 2.24) is 4.72 Å². The van der Waals surface area contributed by atoms with Crippen molar-refractivity contribution in [2.75, 3.05) is 0 Å². The molecule has 0 aliphatic rings. The smallest absolute Gasteiger partial charge is 0.207 e. The van der Waals surface area contributed by atoms with E-state index in [0.29, 0.717) is 10.6 Å². The molecular formula is C15H15BrClNO2S. The summed E-state index contributed by atoms with van der Waals surface area (Å²) >= 11 is 9.38. The van der Waals surface area contributed by atoms with Gasteiger partial charge in [0.15, 0.2) is 0 Å². The van der Waals surface area contributed by atoms with E-state index >= 15 is 0 Å². The molecule has 0 aliphatic carbocycles. The van der Waals surface area contributed by atoms with Crippen LogP contribution in [0.1, 0.15) is 24.1 Å². The van der Waals surface area contributed by atoms with E-state index in [-0.39, 0.29) is 10.9 Å². The van der Waals surface area contributed by atoms with Crippen molar-refractivity contribution in [3.8, 4) is 0 Å². The highest BCUT2D eigenvalue weighted by Gasteiger charge is 2.21. The first kappa shape index (κ1) is 16.5. The topological polar surface area (TPSA) is 46.2 Å². The van der Waals surface area contributed by atoms with Crippen molar-refractivity contribution in [2.24, 2.45) is 0 Å². The number of hydrogen-bond donors (Lipinski definition) is 1. The summed E-state index contributed by atoms with van der Waals surface area (Å²) in [5.74, 6) is 0. The molecule has 0 spiro atoms. The van der Waals surface area contributed by atoms with Gasteiger partial charge in [-0.15, -0.1) is 0 Å². The highest BCUT2D eigenvalue weighted by atomic mass is 79.9. The third-order valence-corrected chi connectivity index (χ3v) is 5.78. The molecule has 6 heteroatoms. The van der Waals surface area contributed by atoms with E-state index in [0.717, 1.165) is 10.0 Å². The third kappa shape index (κ3) is 3.86. The lowest BCUT2D eigenvalue weighted by atomic mass is 10.1. The second-order valence-corrected chi connectivity index (χ2v) is 7.77. The van der Waals surface area contributed by atoms with Gasteiger partial charge in [0.05, 0.1) is 4.90 Å². The number of rotatable bonds is 4. The largest absolute Gasteiger partial charge is 0.241 e. The van der Waals surface area contributed by atoms with Crippen LogP contribution in [-0.2, 0) is 10.0 Å². The molecule has 2 aromatic carbocycles. The van der Waals surface area contributed by atoms with Crippen LogP contribution < -0.4 is 4.72 Å². The van der Waals surface area contributed by atoms with E-state index in [1.54, 1.807) is 32.0 Å². The molecule has 1 atom stereocenters. The summed E-state index contributed by atoms with van der Waals surface area (Å²) in [7, 11) is -3.62. The van der Waals surface area contributed by atoms with Crippen LogP contribution in [0.4, 0.5) is 0 Å². The number of halogens is 2. The fraction of sp³-hybridized carbons (Fsp3) is 0.200. The molecule has 1 unspecified atom stereocenters. The fourth-order valence-electron chi connectivity index (χ4n) is 2.02. The zero-order chi connectivity index (χ0) is 15.6. The molecule has 2 aromatic rings. The Morgan fingerprint density at radius 2 is 1.86 bits per heavy atom. The average molecular weight is 389 g/mol. The molecule has 0 amide bonds. The van der Waals surface area contributed by atoms with Gasteiger partial charge in [0.1, 0.15) is 0 Å². The first-order valence-corrected chi connectivity index (χ1v) is 8.99. The van der Waals surface area contributed by atoms with Gasteiger partial charge >= 0.3 is 0 Å². The Hall–Kier alpha value is -0.880. The Balaban J connectivity index is 2.31. The van der Waals surface area contributed by atoms with Gasteiger partial charge < -0.3 is 0 Å². The summed E-state index contributed by atoms with van der Waals surface area (Å²) in [5.41, 5.74) is 1.43. The quantitative estimate of drug-likeness (QED) is 0.841. The minimum absolute atomic E-state index is 0.205. The van der Waals surface area contributed by atoms with Crippen molar-refractivity contribution in [2.45, 2.75) is 24.8 Å². The van der Waals surface area contributed by atoms with Crippen LogP contribution >= 0.6 is 27.5 Å². The minimum Gasteiger partial charge on any atom is -0.207 e. The summed E-state index contributed by atoms with van der Waals surface area (Å²) in [4.78, 5) is 0.205. The van der Waals surface area contributed by atoms with Crippen LogP contribution in [0.25, 0.3) is 0 Å². The molecule has 0 heterocycles. The number of sulfonamides is 1. The van der Waals surface area contributed by atoms with Gasteiger partial charge in [-0.1, -0.05) is 45.7 Å². The maximum atomic E-state index is 12.5. The van der Waals surface area contributed by atoms with Crippen molar-refractivity contribution >= 4 is 37.6 Å². The number of hydrogen-bond acceptors (Lipinski definition) is 2. The Morgan fingerprint density at radius 1 is 1.19 bits per heavy atom. The Bertz CT molecular complexity index is 762. The lowest BCUT2D eigenvalue weighted by Gasteiger charge is -2.16. The van der Waals surface area contributed by atoms with Crippen molar-refractivity contribution < 1.29 is 8.42 Å². The summed E-state index contributed by atoms with van der Waals surface area (Å²) < 4.78 is 28.6. The van der Waals surface area contributed by atoms with Gasteiger partial charge in [0.2, 0.25) is 10.0 Å². The van der Waals surface area contributed by atoms with E-state index < -0.39 is 10.0 Å². The van der Waals surface area contributed by atoms with E-state index in [2.05, 4.69) is 20.7 Å². The van der Waals surface area contributed by atoms with Crippen molar-refractivity contribution in [3.05, 3.63) is 63.1 Å². The van der Waals surface area contributed by atoms with Crippen LogP contribution in [0, 0.1) is 6.92 Å². The van der Waals surface area contributed by atoms with Crippen molar-refractivity contribution in [3.63, 3.8) is 0 Å². The standard InChI is InChI=1S/C15H15BrClNO2S/c1-10-14(17)7-4-8-15(10)21(19,20)18-11(2)12-5-3-6-13(16)9-12/h3-9,11,18H,1-2H3. The molecule has 0 radical (unpaired) electrons. The van der Waals surface area contributed by atoms with E-state index in [1.807, 2.05) is 24.3 Å². The number of benzene rings is 2. The van der Waals surface area contributed by atoms with Crippen LogP contribution in [0.3, 0.4) is 0 Å². The fourth-order valence-corrected chi connectivity index (χ4v) is 4.17. The molecule has 2 rings (SSSR count). The van der Waals surface area contributed by atoms with Gasteiger partial charge in [-0.2, -0.15) is 0 Å². The zero-order valence-corrected chi connectivity index (χ0v) is 14.8. The molecule has 0 fully saturated rings. The molecule has 0 bridgehead atoms. The lowest BCUT2D eigenvalue weighted by Crippen LogP contribution is -2.27. The first-order chi connectivity index (χ1) is 9.81. The molecular weight excluding hydrogens is 374 g/mol. The Morgan fingerprint density at radius 3 is 2.52 bits per heavy atom. The Labute approximate surface area is 138 Å². The summed E-state index contributed by atoms with van der Waals surface area (Å²) in [5, 5.41) is 0.438. The Kier molecular flexibility index (Phi) is 5.09. The van der Waals surface area contributed by atoms with Crippen LogP contribution in [-0.4, -0.2) is 8.42 Å². The molecule has 0 saturated heterocycles. The van der Waals surface area contributed by atoms with E-state index in [9.17, 15) is 8.42 Å². The zero-order valence-electron chi connectivity index (χ0n) is 11.6. The van der Waals surface area contributed by atoms with Crippen LogP contribution in [0.15, 0.2) is 51.8 Å². The average Bonchev–Trinajstić information content (AvgIpc) is 2.41. The van der Waals surface area contributed by atoms with Gasteiger partial charge in [0.25, 0.3) is 0 Å². The first-order valence-electron chi connectivity index (χ1n) is 6.34. The van der Waals surface area contributed by atoms with Gasteiger partial charge in [0, 0.05) is 15.5 Å². The maximum absolute atomic E-state index is 12.5. The summed E-state index contributed by atoms with van der Waals surface area (Å²) in [6, 6.07) is 12.0. The van der Waals surface area contributed by atoms with Crippen LogP contribution in [0.2, 0.25) is 5.02 Å². The molecule has 21 heavy (non-hydrogen) atoms. The SMILES string of the molecule is Cc1c(Cl)cccc1S(=O)(=O)NC(C)c1cccc(Br)c1. The predicted molar refractivity (Wildman–Crippen MR) is 89.1 cm³/mol. The third-order valence-electron chi connectivity index (χ3n) is 3.19. The monoisotopic (exact) mass is 387 g/mol. The maximum Gasteiger partial charge on any atom is 0.241 e. The summed E-state index contributed by atoms with van der Waals surface area (Å²) in [6.07, 6.45) is 0. The van der Waals surface area contributed by atoms with Gasteiger partial charge in [-0.3, -0.25) is 0 Å². The van der Waals surface area contributed by atoms with E-state index in [1.165, 1.54) is 0 Å². The molecule has 112 valence electrons. The molecule has 0 aliphatic heterocycles. The predicted octanol–water partition coefficient (Wildman–Crippen LogP) is 4.45. The van der Waals surface area contributed by atoms with Crippen molar-refractivity contribution in [1.29, 1.82) is 0 Å². The minimum atomic E-state index is -3.62. The second kappa shape index (κ2) is 6.48. The van der Waals surface area contributed by atoms with Gasteiger partial charge in [-0.05, 0) is 49.2 Å². The van der Waals surface area contributed by atoms with E-state index in [4.69, 9.17) is 11.6 Å². The van der Waals surface area contributed by atoms with Gasteiger partial charge in [-0.25, -0.2) is 13.1 Å². The second-order valence-electron chi connectivity index (χ2n) is 4.76. The molecule has 1 N–H and O–H groups in total. The summed E-state index contributed by atoms with van der Waals surface area (Å²) in [6.45, 7) is 3.50. The highest BCUT2D eigenvalue weighted by molar-refractivity contribution is 9.10. The normalized spacial score (nSPS) is 13.1. The molecule has 0 aromatic heterocycles. The highest BCUT2D eigenvalue weighted by Crippen LogP contribution is 2.25.